The van der Waals surface area contributed by atoms with Gasteiger partial charge in [-0.2, -0.15) is 0 Å². The molecule has 1 amide bonds. The quantitative estimate of drug-likeness (QED) is 0.837. The van der Waals surface area contributed by atoms with E-state index in [4.69, 9.17) is 18.0 Å². The Balaban J connectivity index is 1.63. The van der Waals surface area contributed by atoms with E-state index in [9.17, 15) is 4.79 Å². The molecule has 19 heavy (non-hydrogen) atoms. The van der Waals surface area contributed by atoms with Gasteiger partial charge in [0.05, 0.1) is 10.9 Å². The van der Waals surface area contributed by atoms with Gasteiger partial charge in [0.1, 0.15) is 0 Å². The predicted octanol–water partition coefficient (Wildman–Crippen LogP) is 1.85. The number of fused-ring (bicyclic) bond motifs is 1. The van der Waals surface area contributed by atoms with Crippen molar-refractivity contribution in [3.8, 4) is 0 Å². The Hall–Kier alpha value is -1.42. The molecule has 2 N–H and O–H groups in total. The number of hydrogen-bond acceptors (Lipinski definition) is 2. The van der Waals surface area contributed by atoms with Crippen molar-refractivity contribution in [2.45, 2.75) is 25.2 Å². The minimum atomic E-state index is 0.0811. The lowest BCUT2D eigenvalue weighted by Gasteiger charge is -2.37. The molecular formula is C15H18N2OS. The summed E-state index contributed by atoms with van der Waals surface area (Å²) in [7, 11) is 0. The van der Waals surface area contributed by atoms with Crippen LogP contribution in [0, 0.1) is 5.92 Å². The second-order valence-corrected chi connectivity index (χ2v) is 5.93. The number of carbonyl (C=O) groups excluding carboxylic acids is 1. The molecule has 100 valence electrons. The summed E-state index contributed by atoms with van der Waals surface area (Å²) in [5.74, 6) is 0.672. The number of nitrogens with two attached hydrogens (primary N) is 1. The zero-order valence-electron chi connectivity index (χ0n) is 10.8. The highest BCUT2D eigenvalue weighted by molar-refractivity contribution is 7.80. The molecule has 1 saturated heterocycles. The summed E-state index contributed by atoms with van der Waals surface area (Å²) in [6.07, 6.45) is 2.72. The Morgan fingerprint density at radius 2 is 1.95 bits per heavy atom. The predicted molar refractivity (Wildman–Crippen MR) is 79.0 cm³/mol. The summed E-state index contributed by atoms with van der Waals surface area (Å²) in [5, 5.41) is 0. The average molecular weight is 274 g/mol. The van der Waals surface area contributed by atoms with E-state index in [2.05, 4.69) is 12.1 Å². The third-order valence-electron chi connectivity index (χ3n) is 4.36. The summed E-state index contributed by atoms with van der Waals surface area (Å²) in [5.41, 5.74) is 8.21. The standard InChI is InChI=1S/C15H18N2OS/c16-14(19)10-5-7-17(8-6-10)15(18)13-9-11-3-1-2-4-12(11)13/h1-4,10,13H,5-9H2,(H2,16,19). The van der Waals surface area contributed by atoms with Crippen LogP contribution in [0.25, 0.3) is 0 Å². The molecule has 1 aromatic rings. The summed E-state index contributed by atoms with van der Waals surface area (Å²) >= 11 is 5.03. The minimum Gasteiger partial charge on any atom is -0.393 e. The van der Waals surface area contributed by atoms with Crippen LogP contribution >= 0.6 is 12.2 Å². The van der Waals surface area contributed by atoms with Crippen LogP contribution in [0.15, 0.2) is 24.3 Å². The SMILES string of the molecule is NC(=S)C1CCN(C(=O)C2Cc3ccccc32)CC1. The van der Waals surface area contributed by atoms with E-state index in [0.717, 1.165) is 32.4 Å². The first-order valence-electron chi connectivity index (χ1n) is 6.82. The molecule has 0 spiro atoms. The lowest BCUT2D eigenvalue weighted by molar-refractivity contribution is -0.134. The van der Waals surface area contributed by atoms with Crippen molar-refractivity contribution < 1.29 is 4.79 Å². The van der Waals surface area contributed by atoms with Gasteiger partial charge in [-0.25, -0.2) is 0 Å². The summed E-state index contributed by atoms with van der Waals surface area (Å²) in [4.78, 5) is 15.1. The van der Waals surface area contributed by atoms with Crippen molar-refractivity contribution in [1.82, 2.24) is 4.90 Å². The normalized spacial score (nSPS) is 22.5. The third-order valence-corrected chi connectivity index (χ3v) is 4.69. The van der Waals surface area contributed by atoms with Gasteiger partial charge in [-0.1, -0.05) is 36.5 Å². The fourth-order valence-electron chi connectivity index (χ4n) is 3.08. The van der Waals surface area contributed by atoms with Crippen molar-refractivity contribution in [1.29, 1.82) is 0 Å². The molecule has 0 aromatic heterocycles. The van der Waals surface area contributed by atoms with Crippen LogP contribution in [0.3, 0.4) is 0 Å². The molecule has 0 saturated carbocycles. The van der Waals surface area contributed by atoms with Gasteiger partial charge >= 0.3 is 0 Å². The second kappa shape index (κ2) is 4.93. The molecular weight excluding hydrogens is 256 g/mol. The zero-order valence-corrected chi connectivity index (χ0v) is 11.7. The number of piperidine rings is 1. The molecule has 2 aliphatic rings. The molecule has 1 aliphatic heterocycles. The first kappa shape index (κ1) is 12.6. The minimum absolute atomic E-state index is 0.0811. The van der Waals surface area contributed by atoms with Crippen LogP contribution in [0.4, 0.5) is 0 Å². The molecule has 1 aromatic carbocycles. The van der Waals surface area contributed by atoms with Crippen LogP contribution in [0.1, 0.15) is 29.9 Å². The maximum absolute atomic E-state index is 12.5. The Morgan fingerprint density at radius 1 is 1.26 bits per heavy atom. The molecule has 1 aliphatic carbocycles. The van der Waals surface area contributed by atoms with Gasteiger partial charge in [-0.15, -0.1) is 0 Å². The molecule has 1 atom stereocenters. The molecule has 3 nitrogen and oxygen atoms in total. The van der Waals surface area contributed by atoms with E-state index in [0.29, 0.717) is 10.9 Å². The van der Waals surface area contributed by atoms with Gasteiger partial charge < -0.3 is 10.6 Å². The molecule has 1 heterocycles. The number of hydrogen-bond donors (Lipinski definition) is 1. The number of carbonyl (C=O) groups is 1. The van der Waals surface area contributed by atoms with Gasteiger partial charge in [0.15, 0.2) is 0 Å². The van der Waals surface area contributed by atoms with E-state index in [1.807, 2.05) is 17.0 Å². The van der Waals surface area contributed by atoms with Gasteiger partial charge in [-0.05, 0) is 30.4 Å². The summed E-state index contributed by atoms with van der Waals surface area (Å²) in [6, 6.07) is 8.23. The van der Waals surface area contributed by atoms with Gasteiger partial charge in [0.25, 0.3) is 0 Å². The van der Waals surface area contributed by atoms with Crippen LogP contribution in [-0.2, 0) is 11.2 Å². The van der Waals surface area contributed by atoms with E-state index >= 15 is 0 Å². The molecule has 4 heteroatoms. The fourth-order valence-corrected chi connectivity index (χ4v) is 3.32. The van der Waals surface area contributed by atoms with Crippen LogP contribution in [0.5, 0.6) is 0 Å². The van der Waals surface area contributed by atoms with Crippen LogP contribution in [-0.4, -0.2) is 28.9 Å². The van der Waals surface area contributed by atoms with Gasteiger partial charge in [0.2, 0.25) is 5.91 Å². The molecule has 0 radical (unpaired) electrons. The molecule has 1 unspecified atom stereocenters. The lowest BCUT2D eigenvalue weighted by atomic mass is 9.76. The average Bonchev–Trinajstić information content (AvgIpc) is 2.40. The zero-order chi connectivity index (χ0) is 13.4. The number of nitrogens with zero attached hydrogens (tertiary/aromatic N) is 1. The van der Waals surface area contributed by atoms with Crippen molar-refractivity contribution in [3.05, 3.63) is 35.4 Å². The van der Waals surface area contributed by atoms with E-state index in [-0.39, 0.29) is 11.8 Å². The van der Waals surface area contributed by atoms with Crippen molar-refractivity contribution in [3.63, 3.8) is 0 Å². The Labute approximate surface area is 118 Å². The van der Waals surface area contributed by atoms with Crippen LogP contribution < -0.4 is 5.73 Å². The highest BCUT2D eigenvalue weighted by Gasteiger charge is 2.36. The molecule has 1 fully saturated rings. The van der Waals surface area contributed by atoms with Crippen molar-refractivity contribution in [2.24, 2.45) is 11.7 Å². The third kappa shape index (κ3) is 2.25. The maximum atomic E-state index is 12.5. The van der Waals surface area contributed by atoms with Gasteiger partial charge in [0, 0.05) is 19.0 Å². The van der Waals surface area contributed by atoms with Crippen LogP contribution in [0.2, 0.25) is 0 Å². The fraction of sp³-hybridized carbons (Fsp3) is 0.467. The summed E-state index contributed by atoms with van der Waals surface area (Å²) < 4.78 is 0. The smallest absolute Gasteiger partial charge is 0.230 e. The summed E-state index contributed by atoms with van der Waals surface area (Å²) in [6.45, 7) is 1.58. The van der Waals surface area contributed by atoms with Crippen molar-refractivity contribution in [2.75, 3.05) is 13.1 Å². The Kier molecular flexibility index (Phi) is 3.27. The largest absolute Gasteiger partial charge is 0.393 e. The lowest BCUT2D eigenvalue weighted by Crippen LogP contribution is -2.45. The van der Waals surface area contributed by atoms with Crippen molar-refractivity contribution >= 4 is 23.1 Å². The Morgan fingerprint density at radius 3 is 2.58 bits per heavy atom. The highest BCUT2D eigenvalue weighted by atomic mass is 32.1. The highest BCUT2D eigenvalue weighted by Crippen LogP contribution is 2.36. The van der Waals surface area contributed by atoms with Gasteiger partial charge in [-0.3, -0.25) is 4.79 Å². The number of amides is 1. The van der Waals surface area contributed by atoms with E-state index in [1.54, 1.807) is 0 Å². The number of thiocarbonyl (C=S) groups is 1. The molecule has 3 rings (SSSR count). The first-order valence-corrected chi connectivity index (χ1v) is 7.23. The number of likely N-dealkylation sites (tertiary alicyclic amines) is 1. The topological polar surface area (TPSA) is 46.3 Å². The first-order chi connectivity index (χ1) is 9.16. The monoisotopic (exact) mass is 274 g/mol. The number of rotatable bonds is 2. The van der Waals surface area contributed by atoms with E-state index < -0.39 is 0 Å². The maximum Gasteiger partial charge on any atom is 0.230 e. The van der Waals surface area contributed by atoms with E-state index in [1.165, 1.54) is 11.1 Å². The number of benzene rings is 1. The molecule has 0 bridgehead atoms. The Bertz CT molecular complexity index is 521. The second-order valence-electron chi connectivity index (χ2n) is 5.46.